The largest absolute Gasteiger partial charge is 0.422 e. The van der Waals surface area contributed by atoms with Crippen LogP contribution in [0.4, 0.5) is 4.79 Å². The van der Waals surface area contributed by atoms with Crippen LogP contribution < -0.4 is 5.32 Å². The quantitative estimate of drug-likeness (QED) is 0.342. The highest BCUT2D eigenvalue weighted by Gasteiger charge is 2.15. The molecular formula is C13H17NO6S. The van der Waals surface area contributed by atoms with Gasteiger partial charge in [-0.15, -0.1) is 0 Å². The molecule has 0 saturated heterocycles. The van der Waals surface area contributed by atoms with Gasteiger partial charge in [0.15, 0.2) is 11.1 Å². The zero-order chi connectivity index (χ0) is 15.7. The Morgan fingerprint density at radius 2 is 1.95 bits per heavy atom. The molecule has 0 aliphatic rings. The summed E-state index contributed by atoms with van der Waals surface area (Å²) in [4.78, 5) is 23.0. The molecule has 0 aliphatic heterocycles. The lowest BCUT2D eigenvalue weighted by atomic mass is 10.2. The Labute approximate surface area is 124 Å². The predicted molar refractivity (Wildman–Crippen MR) is 76.1 cm³/mol. The summed E-state index contributed by atoms with van der Waals surface area (Å²) in [7, 11) is 0. The molecule has 1 aromatic carbocycles. The second-order valence-corrected chi connectivity index (χ2v) is 5.10. The molecular weight excluding hydrogens is 298 g/mol. The number of hydrogen-bond donors (Lipinski definition) is 2. The second-order valence-electron chi connectivity index (χ2n) is 4.05. The highest BCUT2D eigenvalue weighted by Crippen LogP contribution is 2.04. The van der Waals surface area contributed by atoms with Crippen LogP contribution in [0, 0.1) is 0 Å². The van der Waals surface area contributed by atoms with E-state index in [0.717, 1.165) is 0 Å². The Kier molecular flexibility index (Phi) is 7.41. The fourth-order valence-corrected chi connectivity index (χ4v) is 1.79. The van der Waals surface area contributed by atoms with Gasteiger partial charge in [0.2, 0.25) is 6.29 Å². The van der Waals surface area contributed by atoms with E-state index in [1.165, 1.54) is 6.92 Å². The summed E-state index contributed by atoms with van der Waals surface area (Å²) in [6.45, 7) is 1.62. The maximum atomic E-state index is 11.7. The first kappa shape index (κ1) is 17.1. The fourth-order valence-electron chi connectivity index (χ4n) is 1.40. The molecule has 21 heavy (non-hydrogen) atoms. The standard InChI is InChI=1S/C13H17NO6S/c1-10(19-12(15)11-6-3-2-4-7-11)20-13(16)14-8-5-9-21(17)18/h2-4,6-7,10H,5,8-9H2,1H3,(H,14,16)(H,17,18). The Hall–Kier alpha value is -1.93. The number of benzene rings is 1. The van der Waals surface area contributed by atoms with Crippen molar-refractivity contribution in [3.8, 4) is 0 Å². The van der Waals surface area contributed by atoms with E-state index in [1.807, 2.05) is 0 Å². The molecule has 0 fully saturated rings. The van der Waals surface area contributed by atoms with Crippen molar-refractivity contribution in [1.29, 1.82) is 0 Å². The Bertz CT molecular complexity index is 493. The van der Waals surface area contributed by atoms with Crippen LogP contribution in [0.5, 0.6) is 0 Å². The van der Waals surface area contributed by atoms with Crippen molar-refractivity contribution in [3.05, 3.63) is 35.9 Å². The predicted octanol–water partition coefficient (Wildman–Crippen LogP) is 1.53. The van der Waals surface area contributed by atoms with Crippen LogP contribution >= 0.6 is 0 Å². The number of amides is 1. The number of rotatable bonds is 7. The topological polar surface area (TPSA) is 102 Å². The average Bonchev–Trinajstić information content (AvgIpc) is 2.44. The van der Waals surface area contributed by atoms with Crippen LogP contribution in [0.15, 0.2) is 30.3 Å². The molecule has 2 atom stereocenters. The maximum absolute atomic E-state index is 11.7. The van der Waals surface area contributed by atoms with Gasteiger partial charge in [0.05, 0.1) is 11.3 Å². The second kappa shape index (κ2) is 9.09. The number of carbonyl (C=O) groups is 2. The number of alkyl carbamates (subject to hydrolysis) is 1. The first-order valence-electron chi connectivity index (χ1n) is 6.27. The van der Waals surface area contributed by atoms with Crippen LogP contribution in [0.1, 0.15) is 23.7 Å². The van der Waals surface area contributed by atoms with Gasteiger partial charge >= 0.3 is 12.1 Å². The molecule has 1 aromatic rings. The summed E-state index contributed by atoms with van der Waals surface area (Å²) in [5, 5.41) is 2.38. The summed E-state index contributed by atoms with van der Waals surface area (Å²) >= 11 is -1.88. The van der Waals surface area contributed by atoms with Gasteiger partial charge in [-0.05, 0) is 18.6 Å². The first-order chi connectivity index (χ1) is 9.99. The highest BCUT2D eigenvalue weighted by molar-refractivity contribution is 7.79. The summed E-state index contributed by atoms with van der Waals surface area (Å²) < 4.78 is 28.7. The van der Waals surface area contributed by atoms with Crippen molar-refractivity contribution in [2.75, 3.05) is 12.3 Å². The normalized spacial score (nSPS) is 13.0. The highest BCUT2D eigenvalue weighted by atomic mass is 32.2. The van der Waals surface area contributed by atoms with E-state index in [9.17, 15) is 13.8 Å². The number of hydrogen-bond acceptors (Lipinski definition) is 5. The van der Waals surface area contributed by atoms with Gasteiger partial charge in [-0.2, -0.15) is 0 Å². The van der Waals surface area contributed by atoms with Gasteiger partial charge in [-0.3, -0.25) is 0 Å². The van der Waals surface area contributed by atoms with Gasteiger partial charge in [0.25, 0.3) is 0 Å². The van der Waals surface area contributed by atoms with Crippen molar-refractivity contribution in [1.82, 2.24) is 5.32 Å². The van der Waals surface area contributed by atoms with Crippen molar-refractivity contribution in [3.63, 3.8) is 0 Å². The molecule has 8 heteroatoms. The summed E-state index contributed by atoms with van der Waals surface area (Å²) in [5.74, 6) is -0.523. The van der Waals surface area contributed by atoms with Gasteiger partial charge in [-0.25, -0.2) is 13.8 Å². The minimum atomic E-state index is -1.88. The number of carbonyl (C=O) groups excluding carboxylic acids is 2. The van der Waals surface area contributed by atoms with Gasteiger partial charge in [-0.1, -0.05) is 18.2 Å². The Morgan fingerprint density at radius 3 is 2.57 bits per heavy atom. The third kappa shape index (κ3) is 7.42. The molecule has 0 saturated carbocycles. The van der Waals surface area contributed by atoms with Crippen molar-refractivity contribution in [2.24, 2.45) is 0 Å². The van der Waals surface area contributed by atoms with E-state index in [0.29, 0.717) is 12.0 Å². The third-order valence-corrected chi connectivity index (χ3v) is 2.96. The summed E-state index contributed by atoms with van der Waals surface area (Å²) in [6.07, 6.45) is -1.45. The van der Waals surface area contributed by atoms with Crippen molar-refractivity contribution >= 4 is 23.1 Å². The molecule has 1 amide bonds. The maximum Gasteiger partial charge on any atom is 0.410 e. The Morgan fingerprint density at radius 1 is 1.29 bits per heavy atom. The lowest BCUT2D eigenvalue weighted by molar-refractivity contribution is -0.0600. The van der Waals surface area contributed by atoms with E-state index in [-0.39, 0.29) is 12.3 Å². The lowest BCUT2D eigenvalue weighted by Crippen LogP contribution is -2.31. The van der Waals surface area contributed by atoms with E-state index in [4.69, 9.17) is 14.0 Å². The van der Waals surface area contributed by atoms with Crippen LogP contribution in [-0.4, -0.2) is 39.4 Å². The average molecular weight is 315 g/mol. The minimum Gasteiger partial charge on any atom is -0.422 e. The van der Waals surface area contributed by atoms with Crippen molar-refractivity contribution in [2.45, 2.75) is 19.6 Å². The van der Waals surface area contributed by atoms with E-state index >= 15 is 0 Å². The molecule has 0 radical (unpaired) electrons. The molecule has 0 aliphatic carbocycles. The van der Waals surface area contributed by atoms with Gasteiger partial charge < -0.3 is 19.3 Å². The lowest BCUT2D eigenvalue weighted by Gasteiger charge is -2.14. The molecule has 0 spiro atoms. The van der Waals surface area contributed by atoms with Crippen LogP contribution in [0.25, 0.3) is 0 Å². The number of esters is 1. The SMILES string of the molecule is CC(OC(=O)NCCCS(=O)O)OC(=O)c1ccccc1. The first-order valence-corrected chi connectivity index (χ1v) is 7.54. The Balaban J connectivity index is 2.26. The molecule has 0 bridgehead atoms. The van der Waals surface area contributed by atoms with Gasteiger partial charge in [0, 0.05) is 13.5 Å². The van der Waals surface area contributed by atoms with Crippen LogP contribution in [0.3, 0.4) is 0 Å². The van der Waals surface area contributed by atoms with E-state index < -0.39 is 29.4 Å². The molecule has 2 unspecified atom stereocenters. The third-order valence-electron chi connectivity index (χ3n) is 2.32. The molecule has 0 aromatic heterocycles. The van der Waals surface area contributed by atoms with E-state index in [2.05, 4.69) is 5.32 Å². The minimum absolute atomic E-state index is 0.0683. The fraction of sp³-hybridized carbons (Fsp3) is 0.385. The monoisotopic (exact) mass is 315 g/mol. The number of nitrogens with one attached hydrogen (secondary N) is 1. The molecule has 116 valence electrons. The zero-order valence-corrected chi connectivity index (χ0v) is 12.3. The van der Waals surface area contributed by atoms with Crippen LogP contribution in [0.2, 0.25) is 0 Å². The zero-order valence-electron chi connectivity index (χ0n) is 11.5. The van der Waals surface area contributed by atoms with Crippen molar-refractivity contribution < 1.29 is 27.8 Å². The van der Waals surface area contributed by atoms with Crippen LogP contribution in [-0.2, 0) is 20.6 Å². The number of ether oxygens (including phenoxy) is 2. The molecule has 1 rings (SSSR count). The molecule has 7 nitrogen and oxygen atoms in total. The molecule has 0 heterocycles. The molecule has 2 N–H and O–H groups in total. The summed E-state index contributed by atoms with van der Waals surface area (Å²) in [5.41, 5.74) is 0.360. The van der Waals surface area contributed by atoms with Gasteiger partial charge in [0.1, 0.15) is 0 Å². The smallest absolute Gasteiger partial charge is 0.410 e. The van der Waals surface area contributed by atoms with E-state index in [1.54, 1.807) is 30.3 Å². The summed E-state index contributed by atoms with van der Waals surface area (Å²) in [6, 6.07) is 8.33.